The Labute approximate surface area is 129 Å². The van der Waals surface area contributed by atoms with Gasteiger partial charge in [-0.3, -0.25) is 4.98 Å². The van der Waals surface area contributed by atoms with Gasteiger partial charge in [0.1, 0.15) is 5.60 Å². The maximum atomic E-state index is 12.6. The number of hydrogen-bond acceptors (Lipinski definition) is 5. The van der Waals surface area contributed by atoms with Crippen molar-refractivity contribution in [2.24, 2.45) is 5.73 Å². The van der Waals surface area contributed by atoms with Crippen LogP contribution in [0.2, 0.25) is 0 Å². The fraction of sp³-hybridized carbons (Fsp3) is 0.312. The number of hydrogen-bond donors (Lipinski definition) is 2. The average molecular weight is 318 g/mol. The summed E-state index contributed by atoms with van der Waals surface area (Å²) in [6.45, 7) is 0. The number of fused-ring (bicyclic) bond motifs is 1. The van der Waals surface area contributed by atoms with Gasteiger partial charge in [-0.2, -0.15) is 0 Å². The third-order valence-corrected chi connectivity index (χ3v) is 5.79. The molecule has 0 amide bonds. The zero-order valence-electron chi connectivity index (χ0n) is 12.0. The predicted molar refractivity (Wildman–Crippen MR) is 82.9 cm³/mol. The molecule has 6 heteroatoms. The van der Waals surface area contributed by atoms with Crippen molar-refractivity contribution in [1.29, 1.82) is 0 Å². The molecule has 0 radical (unpaired) electrons. The van der Waals surface area contributed by atoms with Crippen molar-refractivity contribution in [2.45, 2.75) is 29.4 Å². The van der Waals surface area contributed by atoms with E-state index in [1.807, 2.05) is 6.07 Å². The van der Waals surface area contributed by atoms with Crippen molar-refractivity contribution in [3.05, 3.63) is 59.9 Å². The molecule has 0 unspecified atom stereocenters. The minimum absolute atomic E-state index is 0.184. The number of nitrogens with two attached hydrogens (primary N) is 1. The van der Waals surface area contributed by atoms with Crippen LogP contribution in [0, 0.1) is 0 Å². The van der Waals surface area contributed by atoms with Crippen LogP contribution in [0.4, 0.5) is 0 Å². The molecular weight excluding hydrogens is 300 g/mol. The van der Waals surface area contributed by atoms with Gasteiger partial charge in [0.05, 0.1) is 16.3 Å². The van der Waals surface area contributed by atoms with Gasteiger partial charge in [0.15, 0.2) is 9.84 Å². The molecule has 1 aliphatic carbocycles. The van der Waals surface area contributed by atoms with Crippen LogP contribution >= 0.6 is 0 Å². The molecule has 116 valence electrons. The molecule has 22 heavy (non-hydrogen) atoms. The van der Waals surface area contributed by atoms with Crippen molar-refractivity contribution >= 4 is 9.84 Å². The first-order valence-electron chi connectivity index (χ1n) is 7.11. The summed E-state index contributed by atoms with van der Waals surface area (Å²) in [7, 11) is -3.63. The Morgan fingerprint density at radius 3 is 2.68 bits per heavy atom. The molecule has 0 aliphatic heterocycles. The summed E-state index contributed by atoms with van der Waals surface area (Å²) in [6, 6.07) is 11.5. The highest BCUT2D eigenvalue weighted by molar-refractivity contribution is 7.91. The fourth-order valence-electron chi connectivity index (χ4n) is 3.06. The quantitative estimate of drug-likeness (QED) is 0.881. The van der Waals surface area contributed by atoms with Gasteiger partial charge in [0.2, 0.25) is 0 Å². The summed E-state index contributed by atoms with van der Waals surface area (Å²) < 4.78 is 25.2. The lowest BCUT2D eigenvalue weighted by atomic mass is 9.81. The van der Waals surface area contributed by atoms with E-state index in [9.17, 15) is 13.5 Å². The Hall–Kier alpha value is -1.76. The Balaban J connectivity index is 2.01. The third kappa shape index (κ3) is 2.77. The zero-order valence-corrected chi connectivity index (χ0v) is 12.8. The topological polar surface area (TPSA) is 93.3 Å². The smallest absolute Gasteiger partial charge is 0.181 e. The second-order valence-electron chi connectivity index (χ2n) is 5.78. The van der Waals surface area contributed by atoms with Crippen LogP contribution in [0.3, 0.4) is 0 Å². The largest absolute Gasteiger partial charge is 0.382 e. The number of rotatable bonds is 3. The Morgan fingerprint density at radius 1 is 1.23 bits per heavy atom. The molecule has 0 fully saturated rings. The molecule has 0 bridgehead atoms. The molecule has 1 heterocycles. The van der Waals surface area contributed by atoms with Gasteiger partial charge >= 0.3 is 0 Å². The summed E-state index contributed by atoms with van der Waals surface area (Å²) in [6.07, 6.45) is 2.34. The molecule has 3 rings (SSSR count). The summed E-state index contributed by atoms with van der Waals surface area (Å²) in [5.74, 6) is -0.415. The number of pyridine rings is 1. The van der Waals surface area contributed by atoms with Crippen LogP contribution < -0.4 is 5.73 Å². The van der Waals surface area contributed by atoms with E-state index >= 15 is 0 Å². The van der Waals surface area contributed by atoms with E-state index < -0.39 is 21.2 Å². The van der Waals surface area contributed by atoms with E-state index in [1.54, 1.807) is 30.5 Å². The standard InChI is InChI=1S/C16H18N2O3S/c17-13-9-12-5-4-8-18-15(12)16(19,10-13)11-22(20,21)14-6-2-1-3-7-14/h1-8,13,19H,9-11,17H2/t13-,16+/m1/s1. The number of aromatic nitrogens is 1. The normalized spacial score (nSPS) is 24.7. The van der Waals surface area contributed by atoms with Gasteiger partial charge in [0.25, 0.3) is 0 Å². The first kappa shape index (κ1) is 15.1. The van der Waals surface area contributed by atoms with E-state index in [1.165, 1.54) is 12.1 Å². The molecule has 3 N–H and O–H groups in total. The summed E-state index contributed by atoms with van der Waals surface area (Å²) in [4.78, 5) is 4.41. The lowest BCUT2D eigenvalue weighted by Crippen LogP contribution is -2.46. The Bertz CT molecular complexity index is 777. The molecule has 0 saturated carbocycles. The number of benzene rings is 1. The van der Waals surface area contributed by atoms with E-state index in [4.69, 9.17) is 5.73 Å². The van der Waals surface area contributed by atoms with Crippen LogP contribution in [0.25, 0.3) is 0 Å². The summed E-state index contributed by atoms with van der Waals surface area (Å²) in [5.41, 5.74) is 5.69. The third-order valence-electron chi connectivity index (χ3n) is 3.95. The fourth-order valence-corrected chi connectivity index (χ4v) is 4.68. The van der Waals surface area contributed by atoms with Crippen LogP contribution in [-0.4, -0.2) is 30.3 Å². The summed E-state index contributed by atoms with van der Waals surface area (Å²) in [5, 5.41) is 11.0. The average Bonchev–Trinajstić information content (AvgIpc) is 2.47. The SMILES string of the molecule is N[C@@H]1Cc2cccnc2[C@@](O)(CS(=O)(=O)c2ccccc2)C1. The van der Waals surface area contributed by atoms with Crippen molar-refractivity contribution in [3.8, 4) is 0 Å². The molecular formula is C16H18N2O3S. The molecule has 5 nitrogen and oxygen atoms in total. The molecule has 1 aromatic heterocycles. The van der Waals surface area contributed by atoms with E-state index in [0.29, 0.717) is 12.1 Å². The van der Waals surface area contributed by atoms with Gasteiger partial charge in [-0.25, -0.2) is 8.42 Å². The lowest BCUT2D eigenvalue weighted by molar-refractivity contribution is 0.0315. The van der Waals surface area contributed by atoms with Crippen molar-refractivity contribution < 1.29 is 13.5 Å². The first-order valence-corrected chi connectivity index (χ1v) is 8.76. The maximum absolute atomic E-state index is 12.6. The van der Waals surface area contributed by atoms with E-state index in [0.717, 1.165) is 5.56 Å². The van der Waals surface area contributed by atoms with Crippen LogP contribution in [-0.2, 0) is 21.9 Å². The predicted octanol–water partition coefficient (Wildman–Crippen LogP) is 1.02. The van der Waals surface area contributed by atoms with E-state index in [-0.39, 0.29) is 17.4 Å². The van der Waals surface area contributed by atoms with Crippen LogP contribution in [0.5, 0.6) is 0 Å². The van der Waals surface area contributed by atoms with Gasteiger partial charge in [0, 0.05) is 12.2 Å². The molecule has 1 aromatic carbocycles. The van der Waals surface area contributed by atoms with Crippen LogP contribution in [0.1, 0.15) is 17.7 Å². The number of aliphatic hydroxyl groups is 1. The molecule has 2 atom stereocenters. The highest BCUT2D eigenvalue weighted by atomic mass is 32.2. The lowest BCUT2D eigenvalue weighted by Gasteiger charge is -2.36. The minimum atomic E-state index is -3.63. The monoisotopic (exact) mass is 318 g/mol. The Morgan fingerprint density at radius 2 is 1.95 bits per heavy atom. The van der Waals surface area contributed by atoms with Gasteiger partial charge in [-0.1, -0.05) is 24.3 Å². The van der Waals surface area contributed by atoms with Gasteiger partial charge in [-0.05, 0) is 36.6 Å². The highest BCUT2D eigenvalue weighted by Crippen LogP contribution is 2.35. The van der Waals surface area contributed by atoms with Crippen molar-refractivity contribution in [2.75, 3.05) is 5.75 Å². The molecule has 0 spiro atoms. The van der Waals surface area contributed by atoms with Crippen LogP contribution in [0.15, 0.2) is 53.6 Å². The van der Waals surface area contributed by atoms with E-state index in [2.05, 4.69) is 4.98 Å². The Kier molecular flexibility index (Phi) is 3.76. The highest BCUT2D eigenvalue weighted by Gasteiger charge is 2.42. The van der Waals surface area contributed by atoms with Gasteiger partial charge in [-0.15, -0.1) is 0 Å². The second kappa shape index (κ2) is 5.46. The summed E-state index contributed by atoms with van der Waals surface area (Å²) >= 11 is 0. The van der Waals surface area contributed by atoms with Crippen molar-refractivity contribution in [1.82, 2.24) is 4.98 Å². The molecule has 0 saturated heterocycles. The zero-order chi connectivity index (χ0) is 15.8. The molecule has 2 aromatic rings. The number of sulfone groups is 1. The number of nitrogens with zero attached hydrogens (tertiary/aromatic N) is 1. The van der Waals surface area contributed by atoms with Crippen molar-refractivity contribution in [3.63, 3.8) is 0 Å². The van der Waals surface area contributed by atoms with Gasteiger partial charge < -0.3 is 10.8 Å². The second-order valence-corrected chi connectivity index (χ2v) is 7.77. The maximum Gasteiger partial charge on any atom is 0.181 e. The molecule has 1 aliphatic rings. The minimum Gasteiger partial charge on any atom is -0.382 e. The first-order chi connectivity index (χ1) is 10.4.